The zero-order valence-electron chi connectivity index (χ0n) is 17.5. The van der Waals surface area contributed by atoms with Gasteiger partial charge in [0.05, 0.1) is 12.6 Å². The van der Waals surface area contributed by atoms with Crippen molar-refractivity contribution >= 4 is 36.0 Å². The lowest BCUT2D eigenvalue weighted by molar-refractivity contribution is 0.540. The van der Waals surface area contributed by atoms with Crippen molar-refractivity contribution in [3.05, 3.63) is 59.7 Å². The summed E-state index contributed by atoms with van der Waals surface area (Å²) in [6, 6.07) is 17.3. The quantitative estimate of drug-likeness (QED) is 0.479. The van der Waals surface area contributed by atoms with E-state index >= 15 is 0 Å². The first kappa shape index (κ1) is 21.2. The Hall–Kier alpha value is -1.52. The number of benzene rings is 2. The summed E-state index contributed by atoms with van der Waals surface area (Å²) in [5.74, 6) is 0. The first-order valence-corrected chi connectivity index (χ1v) is 11.5. The van der Waals surface area contributed by atoms with Gasteiger partial charge >= 0.3 is 0 Å². The number of hydrogen-bond donors (Lipinski definition) is 0. The lowest BCUT2D eigenvalue weighted by atomic mass is 9.99. The minimum absolute atomic E-state index is 0.106. The Bertz CT molecular complexity index is 868. The fourth-order valence-electron chi connectivity index (χ4n) is 3.61. The number of rotatable bonds is 0. The Morgan fingerprint density at radius 1 is 0.786 bits per heavy atom. The number of aliphatic imine (C=N–C) groups is 2. The topological polar surface area (TPSA) is 24.7 Å². The third-order valence-electron chi connectivity index (χ3n) is 4.53. The molecule has 2 aromatic carbocycles. The largest absolute Gasteiger partial charge is 0.290 e. The zero-order valence-corrected chi connectivity index (χ0v) is 19.1. The van der Waals surface area contributed by atoms with Gasteiger partial charge < -0.3 is 0 Å². The van der Waals surface area contributed by atoms with Gasteiger partial charge in [0.1, 0.15) is 0 Å². The first-order chi connectivity index (χ1) is 13.2. The summed E-state index contributed by atoms with van der Waals surface area (Å²) >= 11 is 3.91. The van der Waals surface area contributed by atoms with E-state index in [9.17, 15) is 0 Å². The van der Waals surface area contributed by atoms with Gasteiger partial charge in [0.25, 0.3) is 0 Å². The highest BCUT2D eigenvalue weighted by Gasteiger charge is 2.31. The monoisotopic (exact) mass is 410 g/mol. The molecule has 4 heteroatoms. The summed E-state index contributed by atoms with van der Waals surface area (Å²) in [6.07, 6.45) is 5.12. The lowest BCUT2D eigenvalue weighted by Gasteiger charge is -2.34. The van der Waals surface area contributed by atoms with Crippen LogP contribution in [0.5, 0.6) is 0 Å². The normalized spacial score (nSPS) is 24.1. The van der Waals surface area contributed by atoms with Gasteiger partial charge in [-0.25, -0.2) is 0 Å². The van der Waals surface area contributed by atoms with Gasteiger partial charge in [-0.15, -0.1) is 23.5 Å². The van der Waals surface area contributed by atoms with Crippen molar-refractivity contribution in [3.8, 4) is 0 Å². The Labute approximate surface area is 178 Å². The second kappa shape index (κ2) is 8.87. The molecule has 0 saturated heterocycles. The van der Waals surface area contributed by atoms with Crippen LogP contribution >= 0.6 is 23.5 Å². The number of thioether (sulfide) groups is 2. The van der Waals surface area contributed by atoms with E-state index in [1.807, 2.05) is 36.0 Å². The molecule has 0 amide bonds. The predicted molar refractivity (Wildman–Crippen MR) is 127 cm³/mol. The Morgan fingerprint density at radius 2 is 1.29 bits per heavy atom. The lowest BCUT2D eigenvalue weighted by Crippen LogP contribution is -2.28. The zero-order chi connectivity index (χ0) is 20.2. The van der Waals surface area contributed by atoms with Gasteiger partial charge in [-0.2, -0.15) is 0 Å². The SMILES string of the molecule is CC1C/N=C/c2ccccc2SC(C)(C)CC(C)(C)Sc2ccccc2/C=N/1. The van der Waals surface area contributed by atoms with Crippen LogP contribution in [-0.2, 0) is 0 Å². The van der Waals surface area contributed by atoms with Crippen molar-refractivity contribution in [1.82, 2.24) is 0 Å². The minimum Gasteiger partial charge on any atom is -0.290 e. The van der Waals surface area contributed by atoms with Crippen molar-refractivity contribution in [2.45, 2.75) is 66.4 Å². The van der Waals surface area contributed by atoms with Crippen LogP contribution in [0.2, 0.25) is 0 Å². The molecule has 0 aliphatic carbocycles. The van der Waals surface area contributed by atoms with E-state index in [0.29, 0.717) is 6.54 Å². The van der Waals surface area contributed by atoms with Crippen molar-refractivity contribution < 1.29 is 0 Å². The molecule has 2 nitrogen and oxygen atoms in total. The second-order valence-corrected chi connectivity index (χ2v) is 12.1. The van der Waals surface area contributed by atoms with Crippen molar-refractivity contribution in [1.29, 1.82) is 0 Å². The molecular weight excluding hydrogens is 380 g/mol. The summed E-state index contributed by atoms with van der Waals surface area (Å²) in [5.41, 5.74) is 2.39. The fourth-order valence-corrected chi connectivity index (χ4v) is 6.53. The van der Waals surface area contributed by atoms with Crippen LogP contribution in [0.15, 0.2) is 68.3 Å². The van der Waals surface area contributed by atoms with Crippen molar-refractivity contribution in [3.63, 3.8) is 0 Å². The molecule has 1 heterocycles. The Morgan fingerprint density at radius 3 is 1.86 bits per heavy atom. The maximum atomic E-state index is 4.75. The highest BCUT2D eigenvalue weighted by Crippen LogP contribution is 2.45. The molecule has 0 radical (unpaired) electrons. The molecule has 0 N–H and O–H groups in total. The standard InChI is InChI=1S/C24H30N2S2/c1-18-14-25-15-19-10-6-8-12-21(19)27-23(2,3)17-24(4,5)28-22-13-9-7-11-20(22)16-26-18/h6-13,15-16,18H,14,17H2,1-5H3/b25-15+,26-16+. The van der Waals surface area contributed by atoms with E-state index in [4.69, 9.17) is 4.99 Å². The molecule has 0 spiro atoms. The molecule has 0 bridgehead atoms. The smallest absolute Gasteiger partial charge is 0.0666 e. The molecule has 1 aliphatic heterocycles. The van der Waals surface area contributed by atoms with Crippen LogP contribution in [0, 0.1) is 0 Å². The summed E-state index contributed by atoms with van der Waals surface area (Å²) in [4.78, 5) is 12.0. The van der Waals surface area contributed by atoms with Crippen molar-refractivity contribution in [2.75, 3.05) is 6.54 Å². The molecule has 0 aromatic heterocycles. The van der Waals surface area contributed by atoms with Crippen LogP contribution < -0.4 is 0 Å². The molecule has 1 atom stereocenters. The van der Waals surface area contributed by atoms with Crippen LogP contribution in [0.25, 0.3) is 0 Å². The van der Waals surface area contributed by atoms with Gasteiger partial charge in [-0.3, -0.25) is 9.98 Å². The average molecular weight is 411 g/mol. The Kier molecular flexibility index (Phi) is 6.72. The molecule has 3 rings (SSSR count). The minimum atomic E-state index is 0.106. The summed E-state index contributed by atoms with van der Waals surface area (Å²) in [6.45, 7) is 12.2. The third kappa shape index (κ3) is 5.99. The second-order valence-electron chi connectivity index (χ2n) is 8.60. The van der Waals surface area contributed by atoms with Crippen molar-refractivity contribution in [2.24, 2.45) is 9.98 Å². The third-order valence-corrected chi connectivity index (χ3v) is 7.11. The van der Waals surface area contributed by atoms with E-state index in [2.05, 4.69) is 88.1 Å². The van der Waals surface area contributed by atoms with Crippen LogP contribution in [-0.4, -0.2) is 34.5 Å². The summed E-state index contributed by atoms with van der Waals surface area (Å²) < 4.78 is 0.215. The Balaban J connectivity index is 2.00. The molecule has 2 aromatic rings. The van der Waals surface area contributed by atoms with E-state index < -0.39 is 0 Å². The molecule has 0 fully saturated rings. The summed E-state index contributed by atoms with van der Waals surface area (Å²) in [7, 11) is 0. The summed E-state index contributed by atoms with van der Waals surface area (Å²) in [5, 5.41) is 0. The molecule has 1 unspecified atom stereocenters. The number of fused-ring (bicyclic) bond motifs is 2. The average Bonchev–Trinajstić information content (AvgIpc) is 2.60. The first-order valence-electron chi connectivity index (χ1n) is 9.83. The van der Waals surface area contributed by atoms with Crippen LogP contribution in [0.4, 0.5) is 0 Å². The van der Waals surface area contributed by atoms with E-state index in [0.717, 1.165) is 6.42 Å². The maximum absolute atomic E-state index is 4.75. The number of hydrogen-bond acceptors (Lipinski definition) is 4. The molecule has 0 saturated carbocycles. The van der Waals surface area contributed by atoms with Gasteiger partial charge in [-0.1, -0.05) is 64.1 Å². The number of nitrogens with zero attached hydrogens (tertiary/aromatic N) is 2. The highest BCUT2D eigenvalue weighted by molar-refractivity contribution is 8.01. The van der Waals surface area contributed by atoms with E-state index in [1.54, 1.807) is 0 Å². The fraction of sp³-hybridized carbons (Fsp3) is 0.417. The maximum Gasteiger partial charge on any atom is 0.0666 e. The molecular formula is C24H30N2S2. The molecule has 1 aliphatic rings. The predicted octanol–water partition coefficient (Wildman–Crippen LogP) is 6.76. The van der Waals surface area contributed by atoms with Gasteiger partial charge in [-0.05, 0) is 25.5 Å². The molecule has 28 heavy (non-hydrogen) atoms. The van der Waals surface area contributed by atoms with Gasteiger partial charge in [0.2, 0.25) is 0 Å². The van der Waals surface area contributed by atoms with E-state index in [-0.39, 0.29) is 15.5 Å². The van der Waals surface area contributed by atoms with Gasteiger partial charge in [0, 0.05) is 42.8 Å². The highest BCUT2D eigenvalue weighted by atomic mass is 32.2. The van der Waals surface area contributed by atoms with Crippen LogP contribution in [0.3, 0.4) is 0 Å². The van der Waals surface area contributed by atoms with Gasteiger partial charge in [0.15, 0.2) is 0 Å². The van der Waals surface area contributed by atoms with E-state index in [1.165, 1.54) is 20.9 Å². The van der Waals surface area contributed by atoms with Crippen LogP contribution in [0.1, 0.15) is 52.2 Å². The molecule has 148 valence electrons.